The molecule has 6 nitrogen and oxygen atoms in total. The maximum Gasteiger partial charge on any atom is 0.410 e. The van der Waals surface area contributed by atoms with Crippen molar-refractivity contribution in [2.75, 3.05) is 11.9 Å². The van der Waals surface area contributed by atoms with Crippen LogP contribution < -0.4 is 5.32 Å². The van der Waals surface area contributed by atoms with Gasteiger partial charge in [-0.2, -0.15) is 0 Å². The van der Waals surface area contributed by atoms with Gasteiger partial charge in [-0.3, -0.25) is 9.69 Å². The molecule has 2 amide bonds. The molecule has 3 aromatic carbocycles. The highest BCUT2D eigenvalue weighted by atomic mass is 32.1. The summed E-state index contributed by atoms with van der Waals surface area (Å²) in [4.78, 5) is 31.7. The Bertz CT molecular complexity index is 1240. The van der Waals surface area contributed by atoms with Crippen molar-refractivity contribution in [3.63, 3.8) is 0 Å². The van der Waals surface area contributed by atoms with Crippen LogP contribution in [0.3, 0.4) is 0 Å². The minimum atomic E-state index is -0.530. The summed E-state index contributed by atoms with van der Waals surface area (Å²) in [5.41, 5.74) is 3.59. The zero-order chi connectivity index (χ0) is 22.6. The molecular weight excluding hydrogens is 434 g/mol. The van der Waals surface area contributed by atoms with Crippen LogP contribution in [0.15, 0.2) is 78.9 Å². The average Bonchev–Trinajstić information content (AvgIpc) is 3.51. The van der Waals surface area contributed by atoms with Gasteiger partial charge in [-0.05, 0) is 54.8 Å². The molecule has 2 heterocycles. The number of carbonyl (C=O) groups excluding carboxylic acids is 2. The highest BCUT2D eigenvalue weighted by Crippen LogP contribution is 2.30. The van der Waals surface area contributed by atoms with E-state index in [1.165, 1.54) is 4.90 Å². The normalized spacial score (nSPS) is 15.5. The van der Waals surface area contributed by atoms with E-state index in [0.29, 0.717) is 18.7 Å². The van der Waals surface area contributed by atoms with E-state index in [2.05, 4.69) is 16.4 Å². The van der Waals surface area contributed by atoms with Gasteiger partial charge in [-0.1, -0.05) is 42.5 Å². The summed E-state index contributed by atoms with van der Waals surface area (Å²) in [7, 11) is 0. The summed E-state index contributed by atoms with van der Waals surface area (Å²) in [6, 6.07) is 24.7. The lowest BCUT2D eigenvalue weighted by Crippen LogP contribution is -2.43. The number of likely N-dealkylation sites (tertiary alicyclic amines) is 1. The van der Waals surface area contributed by atoms with Gasteiger partial charge in [0.15, 0.2) is 0 Å². The topological polar surface area (TPSA) is 71.5 Å². The second-order valence-electron chi connectivity index (χ2n) is 7.94. The van der Waals surface area contributed by atoms with Gasteiger partial charge in [0, 0.05) is 17.8 Å². The van der Waals surface area contributed by atoms with Crippen molar-refractivity contribution in [2.45, 2.75) is 25.5 Å². The van der Waals surface area contributed by atoms with Crippen molar-refractivity contribution in [1.82, 2.24) is 9.88 Å². The summed E-state index contributed by atoms with van der Waals surface area (Å²) in [5.74, 6) is -0.197. The number of ether oxygens (including phenoxy) is 1. The number of hydrogen-bond donors (Lipinski definition) is 1. The first-order chi connectivity index (χ1) is 16.2. The lowest BCUT2D eigenvalue weighted by Gasteiger charge is -2.23. The van der Waals surface area contributed by atoms with Crippen molar-refractivity contribution in [2.24, 2.45) is 0 Å². The van der Waals surface area contributed by atoms with Crippen LogP contribution >= 0.6 is 11.3 Å². The van der Waals surface area contributed by atoms with Crippen LogP contribution in [-0.4, -0.2) is 34.5 Å². The Labute approximate surface area is 195 Å². The average molecular weight is 458 g/mol. The molecule has 7 heteroatoms. The summed E-state index contributed by atoms with van der Waals surface area (Å²) in [5, 5.41) is 3.88. The van der Waals surface area contributed by atoms with Crippen LogP contribution in [-0.2, 0) is 16.1 Å². The summed E-state index contributed by atoms with van der Waals surface area (Å²) in [6.45, 7) is 0.708. The molecule has 0 unspecified atom stereocenters. The van der Waals surface area contributed by atoms with Gasteiger partial charge in [-0.15, -0.1) is 11.3 Å². The molecule has 1 atom stereocenters. The number of benzene rings is 3. The molecule has 0 radical (unpaired) electrons. The van der Waals surface area contributed by atoms with Gasteiger partial charge < -0.3 is 10.1 Å². The van der Waals surface area contributed by atoms with Crippen LogP contribution in [0.25, 0.3) is 20.8 Å². The number of nitrogens with one attached hydrogen (secondary N) is 1. The Morgan fingerprint density at radius 2 is 1.76 bits per heavy atom. The summed E-state index contributed by atoms with van der Waals surface area (Å²) in [6.07, 6.45) is 0.938. The van der Waals surface area contributed by atoms with Gasteiger partial charge in [0.1, 0.15) is 17.7 Å². The van der Waals surface area contributed by atoms with E-state index in [4.69, 9.17) is 4.74 Å². The molecule has 1 saturated heterocycles. The third-order valence-corrected chi connectivity index (χ3v) is 6.77. The van der Waals surface area contributed by atoms with Crippen LogP contribution in [0.4, 0.5) is 10.5 Å². The molecule has 166 valence electrons. The molecule has 0 spiro atoms. The van der Waals surface area contributed by atoms with Crippen molar-refractivity contribution in [3.05, 3.63) is 84.4 Å². The smallest absolute Gasteiger partial charge is 0.410 e. The number of fused-ring (bicyclic) bond motifs is 1. The number of hydrogen-bond acceptors (Lipinski definition) is 5. The Morgan fingerprint density at radius 1 is 1.00 bits per heavy atom. The molecule has 1 aromatic heterocycles. The minimum Gasteiger partial charge on any atom is -0.445 e. The molecule has 4 aromatic rings. The molecule has 0 aliphatic carbocycles. The fourth-order valence-electron chi connectivity index (χ4n) is 3.98. The number of anilines is 1. The molecule has 1 aliphatic rings. The van der Waals surface area contributed by atoms with Gasteiger partial charge >= 0.3 is 6.09 Å². The SMILES string of the molecule is O=C(Nc1ccc(-c2nc3ccccc3s2)cc1)[C@@H]1CCCN1C(=O)OCc1ccccc1. The molecule has 5 rings (SSSR count). The van der Waals surface area contributed by atoms with Crippen molar-refractivity contribution in [3.8, 4) is 10.6 Å². The van der Waals surface area contributed by atoms with Crippen LogP contribution in [0.1, 0.15) is 18.4 Å². The first kappa shape index (κ1) is 21.2. The first-order valence-corrected chi connectivity index (χ1v) is 11.7. The Kier molecular flexibility index (Phi) is 6.04. The van der Waals surface area contributed by atoms with E-state index in [0.717, 1.165) is 32.8 Å². The predicted molar refractivity (Wildman–Crippen MR) is 130 cm³/mol. The third kappa shape index (κ3) is 4.73. The number of carbonyl (C=O) groups is 2. The first-order valence-electron chi connectivity index (χ1n) is 10.9. The Morgan fingerprint density at radius 3 is 2.55 bits per heavy atom. The van der Waals surface area contributed by atoms with Crippen molar-refractivity contribution in [1.29, 1.82) is 0 Å². The molecule has 1 N–H and O–H groups in total. The van der Waals surface area contributed by atoms with Crippen molar-refractivity contribution >= 4 is 39.2 Å². The Balaban J connectivity index is 1.21. The Hall–Kier alpha value is -3.71. The maximum atomic E-state index is 12.9. The van der Waals surface area contributed by atoms with E-state index in [1.54, 1.807) is 11.3 Å². The molecule has 0 saturated carbocycles. The molecule has 1 aliphatic heterocycles. The van der Waals surface area contributed by atoms with Crippen LogP contribution in [0.5, 0.6) is 0 Å². The minimum absolute atomic E-state index is 0.192. The lowest BCUT2D eigenvalue weighted by atomic mass is 10.2. The van der Waals surface area contributed by atoms with E-state index in [9.17, 15) is 9.59 Å². The quantitative estimate of drug-likeness (QED) is 0.417. The number of aromatic nitrogens is 1. The molecule has 1 fully saturated rings. The second-order valence-corrected chi connectivity index (χ2v) is 8.98. The van der Waals surface area contributed by atoms with Gasteiger partial charge in [0.2, 0.25) is 5.91 Å². The zero-order valence-electron chi connectivity index (χ0n) is 17.9. The standard InChI is InChI=1S/C26H23N3O3S/c30-24(22-10-6-16-29(22)26(31)32-17-18-7-2-1-3-8-18)27-20-14-12-19(13-15-20)25-28-21-9-4-5-11-23(21)33-25/h1-5,7-9,11-15,22H,6,10,16-17H2,(H,27,30)/t22-/m0/s1. The maximum absolute atomic E-state index is 12.9. The fraction of sp³-hybridized carbons (Fsp3) is 0.192. The summed E-state index contributed by atoms with van der Waals surface area (Å²) >= 11 is 1.64. The van der Waals surface area contributed by atoms with E-state index >= 15 is 0 Å². The van der Waals surface area contributed by atoms with Gasteiger partial charge in [0.25, 0.3) is 0 Å². The van der Waals surface area contributed by atoms with E-state index in [-0.39, 0.29) is 12.5 Å². The predicted octanol–water partition coefficient (Wildman–Crippen LogP) is 5.70. The second kappa shape index (κ2) is 9.42. The zero-order valence-corrected chi connectivity index (χ0v) is 18.8. The van der Waals surface area contributed by atoms with Crippen LogP contribution in [0.2, 0.25) is 0 Å². The summed E-state index contributed by atoms with van der Waals surface area (Å²) < 4.78 is 6.58. The van der Waals surface area contributed by atoms with E-state index < -0.39 is 12.1 Å². The highest BCUT2D eigenvalue weighted by Gasteiger charge is 2.35. The lowest BCUT2D eigenvalue weighted by molar-refractivity contribution is -0.120. The molecule has 33 heavy (non-hydrogen) atoms. The molecular formula is C26H23N3O3S. The number of nitrogens with zero attached hydrogens (tertiary/aromatic N) is 2. The number of thiazole rings is 1. The van der Waals surface area contributed by atoms with Crippen molar-refractivity contribution < 1.29 is 14.3 Å². The number of amides is 2. The molecule has 0 bridgehead atoms. The largest absolute Gasteiger partial charge is 0.445 e. The number of rotatable bonds is 5. The fourth-order valence-corrected chi connectivity index (χ4v) is 4.95. The number of para-hydroxylation sites is 1. The van der Waals surface area contributed by atoms with Gasteiger partial charge in [-0.25, -0.2) is 9.78 Å². The third-order valence-electron chi connectivity index (χ3n) is 5.69. The monoisotopic (exact) mass is 457 g/mol. The van der Waals surface area contributed by atoms with Gasteiger partial charge in [0.05, 0.1) is 10.2 Å². The van der Waals surface area contributed by atoms with E-state index in [1.807, 2.05) is 72.8 Å². The highest BCUT2D eigenvalue weighted by molar-refractivity contribution is 7.21. The van der Waals surface area contributed by atoms with Crippen LogP contribution in [0, 0.1) is 0 Å².